The van der Waals surface area contributed by atoms with Gasteiger partial charge in [-0.05, 0) is 74.7 Å². The van der Waals surface area contributed by atoms with Crippen LogP contribution >= 0.6 is 0 Å². The summed E-state index contributed by atoms with van der Waals surface area (Å²) in [5, 5.41) is 26.0. The maximum Gasteiger partial charge on any atom is 0.267 e. The number of phenols is 1. The highest BCUT2D eigenvalue weighted by atomic mass is 32.2. The van der Waals surface area contributed by atoms with Gasteiger partial charge in [-0.25, -0.2) is 8.42 Å². The Kier molecular flexibility index (Phi) is 7.25. The van der Waals surface area contributed by atoms with Crippen molar-refractivity contribution >= 4 is 44.8 Å². The molecule has 1 amide bonds. The summed E-state index contributed by atoms with van der Waals surface area (Å²) < 4.78 is 32.8. The van der Waals surface area contributed by atoms with Crippen molar-refractivity contribution in [1.82, 2.24) is 10.1 Å². The maximum absolute atomic E-state index is 14.0. The molecule has 2 fully saturated rings. The molecule has 3 aliphatic rings. The standard InChI is InChI=1S/C31H30N4O10S/c1-13-21(12-33-45-13)46(43,44)34-16-6-4-14(5-7-16)17-8-9-20(36)23-18(17)10-15-11-19-25(35(2)3)27(38)24(30(32)41)29(40)31(19,42)28(39)22(15)26(23)37/h4-9,12,15,19,22,24-25,34,36,42H,10-11H2,1-3H3,(H2,32,41)/t15-,19-,22?,24?,25?,31-/m0/s1. The van der Waals surface area contributed by atoms with Crippen molar-refractivity contribution in [3.63, 3.8) is 0 Å². The van der Waals surface area contributed by atoms with E-state index in [0.717, 1.165) is 6.20 Å². The molecular weight excluding hydrogens is 620 g/mol. The van der Waals surface area contributed by atoms with E-state index in [-0.39, 0.29) is 34.7 Å². The second-order valence-electron chi connectivity index (χ2n) is 12.2. The zero-order valence-corrected chi connectivity index (χ0v) is 25.7. The number of aromatic hydroxyl groups is 1. The zero-order valence-electron chi connectivity index (χ0n) is 24.9. The number of Topliss-reactive ketones (excluding diaryl/α,β-unsaturated/α-hetero) is 4. The van der Waals surface area contributed by atoms with Crippen LogP contribution in [-0.2, 0) is 35.6 Å². The molecule has 14 nitrogen and oxygen atoms in total. The molecule has 5 N–H and O–H groups in total. The second-order valence-corrected chi connectivity index (χ2v) is 13.9. The highest BCUT2D eigenvalue weighted by Crippen LogP contribution is 2.51. The van der Waals surface area contributed by atoms with Crippen molar-refractivity contribution in [1.29, 1.82) is 0 Å². The topological polar surface area (TPSA) is 227 Å². The SMILES string of the molecule is Cc1oncc1S(=O)(=O)Nc1ccc(-c2ccc(O)c3c2C[C@H]2C[C@H]4C(N(C)C)C(=O)C(C(N)=O)C(=O)[C@@]4(O)C(=O)C2C3=O)cc1. The summed E-state index contributed by atoms with van der Waals surface area (Å²) >= 11 is 0. The lowest BCUT2D eigenvalue weighted by atomic mass is 9.52. The molecule has 3 aromatic rings. The Balaban J connectivity index is 1.38. The number of carbonyl (C=O) groups is 5. The average molecular weight is 651 g/mol. The van der Waals surface area contributed by atoms with Crippen LogP contribution in [0, 0.1) is 30.6 Å². The number of sulfonamides is 1. The summed E-state index contributed by atoms with van der Waals surface area (Å²) in [5.41, 5.74) is 4.17. The first-order chi connectivity index (χ1) is 21.6. The molecular formula is C31H30N4O10S. The van der Waals surface area contributed by atoms with E-state index in [2.05, 4.69) is 9.88 Å². The van der Waals surface area contributed by atoms with Crippen LogP contribution in [0.1, 0.15) is 28.1 Å². The van der Waals surface area contributed by atoms with E-state index in [0.29, 0.717) is 16.7 Å². The summed E-state index contributed by atoms with van der Waals surface area (Å²) in [6.45, 7) is 1.47. The number of ketones is 4. The third-order valence-electron chi connectivity index (χ3n) is 9.39. The molecule has 1 aromatic heterocycles. The number of nitrogens with zero attached hydrogens (tertiary/aromatic N) is 2. The Labute approximate surface area is 262 Å². The molecule has 6 atom stereocenters. The van der Waals surface area contributed by atoms with Crippen molar-refractivity contribution in [2.24, 2.45) is 29.4 Å². The molecule has 240 valence electrons. The van der Waals surface area contributed by atoms with Gasteiger partial charge in [-0.2, -0.15) is 0 Å². The monoisotopic (exact) mass is 650 g/mol. The molecule has 3 unspecified atom stereocenters. The summed E-state index contributed by atoms with van der Waals surface area (Å²) in [6.07, 6.45) is 1.09. The fourth-order valence-electron chi connectivity index (χ4n) is 7.35. The van der Waals surface area contributed by atoms with Crippen molar-refractivity contribution in [2.45, 2.75) is 36.3 Å². The fraction of sp³-hybridized carbons (Fsp3) is 0.355. The smallest absolute Gasteiger partial charge is 0.267 e. The maximum atomic E-state index is 14.0. The Morgan fingerprint density at radius 1 is 1.09 bits per heavy atom. The highest BCUT2D eigenvalue weighted by Gasteiger charge is 2.69. The van der Waals surface area contributed by atoms with Gasteiger partial charge in [0, 0.05) is 11.6 Å². The first-order valence-electron chi connectivity index (χ1n) is 14.3. The summed E-state index contributed by atoms with van der Waals surface area (Å²) in [4.78, 5) is 68.1. The van der Waals surface area contributed by atoms with Crippen molar-refractivity contribution in [2.75, 3.05) is 18.8 Å². The minimum atomic E-state index is -3.98. The third kappa shape index (κ3) is 4.48. The highest BCUT2D eigenvalue weighted by molar-refractivity contribution is 7.92. The Morgan fingerprint density at radius 3 is 2.35 bits per heavy atom. The van der Waals surface area contributed by atoms with Gasteiger partial charge in [0.25, 0.3) is 10.0 Å². The molecule has 0 aliphatic heterocycles. The second kappa shape index (κ2) is 10.7. The van der Waals surface area contributed by atoms with Crippen LogP contribution in [0.4, 0.5) is 5.69 Å². The van der Waals surface area contributed by atoms with Crippen LogP contribution in [0.25, 0.3) is 11.1 Å². The van der Waals surface area contributed by atoms with Crippen LogP contribution in [0.15, 0.2) is 52.0 Å². The Bertz CT molecular complexity index is 1950. The summed E-state index contributed by atoms with van der Waals surface area (Å²) in [5.74, 6) is -11.2. The molecule has 3 aliphatic carbocycles. The third-order valence-corrected chi connectivity index (χ3v) is 10.9. The van der Waals surface area contributed by atoms with Crippen LogP contribution < -0.4 is 10.5 Å². The van der Waals surface area contributed by atoms with Gasteiger partial charge in [-0.15, -0.1) is 0 Å². The van der Waals surface area contributed by atoms with Crippen LogP contribution in [0.2, 0.25) is 0 Å². The van der Waals surface area contributed by atoms with Crippen molar-refractivity contribution in [3.05, 3.63) is 59.5 Å². The molecule has 2 aromatic carbocycles. The van der Waals surface area contributed by atoms with Crippen LogP contribution in [-0.4, -0.2) is 83.5 Å². The van der Waals surface area contributed by atoms with E-state index >= 15 is 0 Å². The van der Waals surface area contributed by atoms with Gasteiger partial charge < -0.3 is 20.5 Å². The Morgan fingerprint density at radius 2 is 1.76 bits per heavy atom. The van der Waals surface area contributed by atoms with E-state index in [1.807, 2.05) is 0 Å². The Hall–Kier alpha value is -4.73. The predicted octanol–water partition coefficient (Wildman–Crippen LogP) is 0.631. The number of amides is 1. The molecule has 0 saturated heterocycles. The van der Waals surface area contributed by atoms with E-state index in [4.69, 9.17) is 10.3 Å². The number of aryl methyl sites for hydroxylation is 1. The zero-order chi connectivity index (χ0) is 33.5. The number of nitrogens with two attached hydrogens (primary N) is 1. The van der Waals surface area contributed by atoms with E-state index in [1.54, 1.807) is 18.2 Å². The number of nitrogens with one attached hydrogen (secondary N) is 1. The van der Waals surface area contributed by atoms with Crippen molar-refractivity contribution < 1.29 is 47.1 Å². The van der Waals surface area contributed by atoms with E-state index < -0.39 is 80.1 Å². The number of anilines is 1. The summed E-state index contributed by atoms with van der Waals surface area (Å²) in [7, 11) is -0.948. The minimum Gasteiger partial charge on any atom is -0.507 e. The number of aromatic nitrogens is 1. The molecule has 0 radical (unpaired) electrons. The van der Waals surface area contributed by atoms with Gasteiger partial charge in [0.05, 0.1) is 23.7 Å². The van der Waals surface area contributed by atoms with Gasteiger partial charge in [0.15, 0.2) is 40.4 Å². The van der Waals surface area contributed by atoms with Gasteiger partial charge in [-0.1, -0.05) is 23.4 Å². The van der Waals surface area contributed by atoms with Crippen molar-refractivity contribution in [3.8, 4) is 16.9 Å². The normalized spacial score (nSPS) is 27.6. The van der Waals surface area contributed by atoms with Gasteiger partial charge >= 0.3 is 0 Å². The molecule has 6 rings (SSSR count). The molecule has 2 saturated carbocycles. The largest absolute Gasteiger partial charge is 0.507 e. The van der Waals surface area contributed by atoms with E-state index in [1.165, 1.54) is 44.1 Å². The van der Waals surface area contributed by atoms with Gasteiger partial charge in [0.2, 0.25) is 5.91 Å². The predicted molar refractivity (Wildman–Crippen MR) is 159 cm³/mol. The fourth-order valence-corrected chi connectivity index (χ4v) is 8.50. The average Bonchev–Trinajstić information content (AvgIpc) is 3.42. The number of benzene rings is 2. The first kappa shape index (κ1) is 31.3. The molecule has 0 spiro atoms. The number of carbonyl (C=O) groups excluding carboxylic acids is 5. The number of primary amides is 1. The number of hydrogen-bond acceptors (Lipinski definition) is 12. The number of hydrogen-bond donors (Lipinski definition) is 4. The molecule has 1 heterocycles. The molecule has 46 heavy (non-hydrogen) atoms. The van der Waals surface area contributed by atoms with Crippen LogP contribution in [0.3, 0.4) is 0 Å². The number of likely N-dealkylation sites (N-methyl/N-ethyl adjacent to an activating group) is 1. The molecule has 15 heteroatoms. The number of rotatable bonds is 6. The van der Waals surface area contributed by atoms with Crippen LogP contribution in [0.5, 0.6) is 5.75 Å². The number of phenolic OH excluding ortho intramolecular Hbond substituents is 1. The lowest BCUT2D eigenvalue weighted by Gasteiger charge is -2.52. The lowest BCUT2D eigenvalue weighted by molar-refractivity contribution is -0.181. The number of fused-ring (bicyclic) bond motifs is 3. The van der Waals surface area contributed by atoms with E-state index in [9.17, 15) is 42.6 Å². The first-order valence-corrected chi connectivity index (χ1v) is 15.8. The molecule has 0 bridgehead atoms. The summed E-state index contributed by atoms with van der Waals surface area (Å²) in [6, 6.07) is 7.95. The lowest BCUT2D eigenvalue weighted by Crippen LogP contribution is -2.74. The van der Waals surface area contributed by atoms with Gasteiger partial charge in [-0.3, -0.25) is 33.6 Å². The minimum absolute atomic E-state index is 0.0801. The van der Waals surface area contributed by atoms with Gasteiger partial charge in [0.1, 0.15) is 10.6 Å². The quantitative estimate of drug-likeness (QED) is 0.270. The number of aliphatic hydroxyl groups is 1.